The zero-order valence-electron chi connectivity index (χ0n) is 11.3. The van der Waals surface area contributed by atoms with E-state index < -0.39 is 0 Å². The second-order valence-electron chi connectivity index (χ2n) is 5.39. The van der Waals surface area contributed by atoms with Gasteiger partial charge in [0.15, 0.2) is 0 Å². The summed E-state index contributed by atoms with van der Waals surface area (Å²) < 4.78 is 14.0. The second kappa shape index (κ2) is 4.65. The van der Waals surface area contributed by atoms with E-state index in [0.717, 1.165) is 24.0 Å². The van der Waals surface area contributed by atoms with Crippen LogP contribution in [0.4, 0.5) is 4.39 Å². The number of rotatable bonds is 1. The molecule has 0 aliphatic heterocycles. The molecule has 0 aromatic heterocycles. The number of fused-ring (bicyclic) bond motifs is 1. The highest BCUT2D eigenvalue weighted by molar-refractivity contribution is 5.70. The third-order valence-corrected chi connectivity index (χ3v) is 3.77. The molecule has 1 aliphatic rings. The van der Waals surface area contributed by atoms with Crippen molar-refractivity contribution in [2.45, 2.75) is 26.7 Å². The van der Waals surface area contributed by atoms with Gasteiger partial charge >= 0.3 is 0 Å². The van der Waals surface area contributed by atoms with Crippen LogP contribution in [-0.4, -0.2) is 0 Å². The highest BCUT2D eigenvalue weighted by Gasteiger charge is 2.11. The smallest absolute Gasteiger partial charge is 0.131 e. The lowest BCUT2D eigenvalue weighted by atomic mass is 9.90. The topological polar surface area (TPSA) is 0 Å². The fourth-order valence-electron chi connectivity index (χ4n) is 2.65. The van der Waals surface area contributed by atoms with Gasteiger partial charge in [0.2, 0.25) is 0 Å². The van der Waals surface area contributed by atoms with Gasteiger partial charge in [-0.25, -0.2) is 4.39 Å². The van der Waals surface area contributed by atoms with Crippen molar-refractivity contribution in [1.29, 1.82) is 0 Å². The van der Waals surface area contributed by atoms with Crippen molar-refractivity contribution in [3.8, 4) is 11.1 Å². The van der Waals surface area contributed by atoms with Crippen molar-refractivity contribution in [1.82, 2.24) is 0 Å². The van der Waals surface area contributed by atoms with E-state index in [2.05, 4.69) is 25.1 Å². The Morgan fingerprint density at radius 3 is 2.58 bits per heavy atom. The fourth-order valence-corrected chi connectivity index (χ4v) is 2.65. The number of allylic oxidation sites excluding steroid dienone is 1. The summed E-state index contributed by atoms with van der Waals surface area (Å²) in [6, 6.07) is 11.7. The SMILES string of the molecule is CC1=Cc2ccc(-c3ccc(C)cc3F)cc2CC1. The third kappa shape index (κ3) is 2.33. The van der Waals surface area contributed by atoms with E-state index in [1.54, 1.807) is 6.07 Å². The largest absolute Gasteiger partial charge is 0.206 e. The number of benzene rings is 2. The first-order chi connectivity index (χ1) is 9.13. The highest BCUT2D eigenvalue weighted by Crippen LogP contribution is 2.30. The summed E-state index contributed by atoms with van der Waals surface area (Å²) in [6.07, 6.45) is 4.39. The lowest BCUT2D eigenvalue weighted by molar-refractivity contribution is 0.630. The second-order valence-corrected chi connectivity index (χ2v) is 5.39. The van der Waals surface area contributed by atoms with Crippen LogP contribution in [0.3, 0.4) is 0 Å². The molecule has 0 nitrogen and oxygen atoms in total. The van der Waals surface area contributed by atoms with Crippen molar-refractivity contribution in [3.63, 3.8) is 0 Å². The minimum absolute atomic E-state index is 0.137. The average molecular weight is 252 g/mol. The maximum atomic E-state index is 14.0. The Hall–Kier alpha value is -1.89. The molecule has 0 heterocycles. The summed E-state index contributed by atoms with van der Waals surface area (Å²) in [5, 5.41) is 0. The molecule has 2 aromatic rings. The Morgan fingerprint density at radius 1 is 0.947 bits per heavy atom. The van der Waals surface area contributed by atoms with E-state index >= 15 is 0 Å². The lowest BCUT2D eigenvalue weighted by Crippen LogP contribution is -1.98. The average Bonchev–Trinajstić information content (AvgIpc) is 2.38. The first kappa shape index (κ1) is 12.2. The third-order valence-electron chi connectivity index (χ3n) is 3.77. The predicted octanol–water partition coefficient (Wildman–Crippen LogP) is 5.15. The minimum atomic E-state index is -0.137. The Bertz CT molecular complexity index is 665. The Morgan fingerprint density at radius 2 is 1.79 bits per heavy atom. The van der Waals surface area contributed by atoms with Crippen LogP contribution >= 0.6 is 0 Å². The predicted molar refractivity (Wildman–Crippen MR) is 78.5 cm³/mol. The van der Waals surface area contributed by atoms with Crippen molar-refractivity contribution in [3.05, 3.63) is 64.5 Å². The normalized spacial score (nSPS) is 13.9. The van der Waals surface area contributed by atoms with Crippen molar-refractivity contribution >= 4 is 6.08 Å². The Balaban J connectivity index is 2.08. The summed E-state index contributed by atoms with van der Waals surface area (Å²) in [5.74, 6) is -0.137. The standard InChI is InChI=1S/C18H17F/c1-12-3-5-15-11-16(7-6-14(15)9-12)17-8-4-13(2)10-18(17)19/h4,6-11H,3,5H2,1-2H3. The van der Waals surface area contributed by atoms with Crippen LogP contribution in [0.5, 0.6) is 0 Å². The molecule has 0 bridgehead atoms. The molecule has 0 saturated carbocycles. The molecule has 1 heteroatoms. The van der Waals surface area contributed by atoms with Crippen molar-refractivity contribution < 1.29 is 4.39 Å². The van der Waals surface area contributed by atoms with E-state index in [1.807, 2.05) is 25.1 Å². The molecular formula is C18H17F. The van der Waals surface area contributed by atoms with E-state index in [0.29, 0.717) is 5.56 Å². The first-order valence-electron chi connectivity index (χ1n) is 6.70. The maximum Gasteiger partial charge on any atom is 0.131 e. The van der Waals surface area contributed by atoms with Crippen LogP contribution in [0.25, 0.3) is 17.2 Å². The maximum absolute atomic E-state index is 14.0. The molecule has 0 atom stereocenters. The highest BCUT2D eigenvalue weighted by atomic mass is 19.1. The molecule has 96 valence electrons. The number of halogens is 1. The molecule has 2 aromatic carbocycles. The van der Waals surface area contributed by atoms with Crippen LogP contribution in [0.2, 0.25) is 0 Å². The van der Waals surface area contributed by atoms with Crippen LogP contribution in [0, 0.1) is 12.7 Å². The van der Waals surface area contributed by atoms with E-state index in [4.69, 9.17) is 0 Å². The Labute approximate surface area is 113 Å². The minimum Gasteiger partial charge on any atom is -0.206 e. The van der Waals surface area contributed by atoms with Crippen molar-refractivity contribution in [2.24, 2.45) is 0 Å². The van der Waals surface area contributed by atoms with Gasteiger partial charge in [-0.2, -0.15) is 0 Å². The summed E-state index contributed by atoms with van der Waals surface area (Å²) in [5.41, 5.74) is 6.64. The summed E-state index contributed by atoms with van der Waals surface area (Å²) >= 11 is 0. The zero-order valence-corrected chi connectivity index (χ0v) is 11.3. The molecule has 0 unspecified atom stereocenters. The first-order valence-corrected chi connectivity index (χ1v) is 6.70. The molecule has 0 radical (unpaired) electrons. The van der Waals surface area contributed by atoms with E-state index in [-0.39, 0.29) is 5.82 Å². The molecule has 19 heavy (non-hydrogen) atoms. The summed E-state index contributed by atoms with van der Waals surface area (Å²) in [7, 11) is 0. The van der Waals surface area contributed by atoms with Gasteiger partial charge in [-0.05, 0) is 55.0 Å². The lowest BCUT2D eigenvalue weighted by Gasteiger charge is -2.15. The van der Waals surface area contributed by atoms with Gasteiger partial charge in [0.1, 0.15) is 5.82 Å². The van der Waals surface area contributed by atoms with Crippen molar-refractivity contribution in [2.75, 3.05) is 0 Å². The van der Waals surface area contributed by atoms with Crippen LogP contribution in [-0.2, 0) is 6.42 Å². The Kier molecular flexibility index (Phi) is 2.98. The van der Waals surface area contributed by atoms with Gasteiger partial charge < -0.3 is 0 Å². The van der Waals surface area contributed by atoms with Gasteiger partial charge in [-0.1, -0.05) is 42.0 Å². The van der Waals surface area contributed by atoms with Gasteiger partial charge in [-0.3, -0.25) is 0 Å². The molecule has 0 amide bonds. The van der Waals surface area contributed by atoms with E-state index in [1.165, 1.54) is 16.7 Å². The molecule has 0 spiro atoms. The van der Waals surface area contributed by atoms with Gasteiger partial charge in [0.25, 0.3) is 0 Å². The van der Waals surface area contributed by atoms with Gasteiger partial charge in [0.05, 0.1) is 0 Å². The van der Waals surface area contributed by atoms with Crippen LogP contribution < -0.4 is 0 Å². The summed E-state index contributed by atoms with van der Waals surface area (Å²) in [4.78, 5) is 0. The van der Waals surface area contributed by atoms with Gasteiger partial charge in [-0.15, -0.1) is 0 Å². The molecule has 0 saturated heterocycles. The molecule has 0 fully saturated rings. The monoisotopic (exact) mass is 252 g/mol. The van der Waals surface area contributed by atoms with Crippen LogP contribution in [0.15, 0.2) is 42.0 Å². The van der Waals surface area contributed by atoms with Crippen LogP contribution in [0.1, 0.15) is 30.0 Å². The molecular weight excluding hydrogens is 235 g/mol. The number of aryl methyl sites for hydroxylation is 2. The fraction of sp³-hybridized carbons (Fsp3) is 0.222. The number of hydrogen-bond acceptors (Lipinski definition) is 0. The van der Waals surface area contributed by atoms with E-state index in [9.17, 15) is 4.39 Å². The zero-order chi connectivity index (χ0) is 13.4. The molecule has 3 rings (SSSR count). The molecule has 1 aliphatic carbocycles. The quantitative estimate of drug-likeness (QED) is 0.658. The number of hydrogen-bond donors (Lipinski definition) is 0. The van der Waals surface area contributed by atoms with Gasteiger partial charge in [0, 0.05) is 5.56 Å². The summed E-state index contributed by atoms with van der Waals surface area (Å²) in [6.45, 7) is 4.07. The molecule has 0 N–H and O–H groups in total.